The van der Waals surface area contributed by atoms with Crippen LogP contribution in [-0.2, 0) is 0 Å². The number of rotatable bonds is 2. The number of aryl methyl sites for hydroxylation is 1. The fraction of sp³-hybridized carbons (Fsp3) is 0.0714. The Kier molecular flexibility index (Phi) is 2.41. The van der Waals surface area contributed by atoms with Crippen LogP contribution in [0, 0.1) is 6.92 Å². The molecule has 0 saturated heterocycles. The van der Waals surface area contributed by atoms with Crippen molar-refractivity contribution in [2.75, 3.05) is 5.73 Å². The molecule has 3 rings (SSSR count). The van der Waals surface area contributed by atoms with Crippen LogP contribution in [0.4, 0.5) is 5.69 Å². The lowest BCUT2D eigenvalue weighted by atomic mass is 10.2. The first-order valence-corrected chi connectivity index (χ1v) is 5.71. The molecule has 0 bridgehead atoms. The number of benzene rings is 2. The van der Waals surface area contributed by atoms with Crippen LogP contribution in [0.2, 0.25) is 0 Å². The van der Waals surface area contributed by atoms with E-state index in [1.807, 2.05) is 49.4 Å². The molecule has 0 aliphatic carbocycles. The van der Waals surface area contributed by atoms with Gasteiger partial charge in [0.25, 0.3) is 6.01 Å². The SMILES string of the molecule is Cc1cc(N)ccc1Oc1nc2ccccc2[nH]1. The first-order valence-electron chi connectivity index (χ1n) is 5.71. The highest BCUT2D eigenvalue weighted by molar-refractivity contribution is 5.75. The number of nitrogens with zero attached hydrogens (tertiary/aromatic N) is 1. The van der Waals surface area contributed by atoms with E-state index in [9.17, 15) is 0 Å². The Labute approximate surface area is 104 Å². The lowest BCUT2D eigenvalue weighted by Gasteiger charge is -2.05. The summed E-state index contributed by atoms with van der Waals surface area (Å²) >= 11 is 0. The van der Waals surface area contributed by atoms with Crippen molar-refractivity contribution in [2.24, 2.45) is 0 Å². The lowest BCUT2D eigenvalue weighted by Crippen LogP contribution is -1.91. The summed E-state index contributed by atoms with van der Waals surface area (Å²) in [6, 6.07) is 13.8. The van der Waals surface area contributed by atoms with Gasteiger partial charge in [0, 0.05) is 5.69 Å². The average molecular weight is 239 g/mol. The summed E-state index contributed by atoms with van der Waals surface area (Å²) in [4.78, 5) is 7.48. The van der Waals surface area contributed by atoms with Crippen LogP contribution in [0.1, 0.15) is 5.56 Å². The van der Waals surface area contributed by atoms with E-state index in [2.05, 4.69) is 9.97 Å². The van der Waals surface area contributed by atoms with Crippen LogP contribution in [0.5, 0.6) is 11.8 Å². The molecule has 0 aliphatic rings. The van der Waals surface area contributed by atoms with Crippen LogP contribution in [-0.4, -0.2) is 9.97 Å². The zero-order valence-electron chi connectivity index (χ0n) is 9.97. The molecule has 2 aromatic carbocycles. The number of ether oxygens (including phenoxy) is 1. The second-order valence-electron chi connectivity index (χ2n) is 4.19. The van der Waals surface area contributed by atoms with Crippen molar-refractivity contribution in [1.82, 2.24) is 9.97 Å². The number of aromatic nitrogens is 2. The van der Waals surface area contributed by atoms with E-state index in [4.69, 9.17) is 10.5 Å². The molecule has 0 fully saturated rings. The van der Waals surface area contributed by atoms with Crippen LogP contribution >= 0.6 is 0 Å². The number of fused-ring (bicyclic) bond motifs is 1. The molecule has 0 spiro atoms. The molecule has 90 valence electrons. The van der Waals surface area contributed by atoms with Gasteiger partial charge in [0.15, 0.2) is 0 Å². The van der Waals surface area contributed by atoms with Gasteiger partial charge < -0.3 is 15.5 Å². The first kappa shape index (κ1) is 10.7. The van der Waals surface area contributed by atoms with Gasteiger partial charge in [-0.15, -0.1) is 0 Å². The van der Waals surface area contributed by atoms with Gasteiger partial charge in [-0.2, -0.15) is 4.98 Å². The molecule has 1 heterocycles. The maximum Gasteiger partial charge on any atom is 0.300 e. The first-order chi connectivity index (χ1) is 8.72. The minimum absolute atomic E-state index is 0.490. The van der Waals surface area contributed by atoms with E-state index in [0.29, 0.717) is 6.01 Å². The van der Waals surface area contributed by atoms with Crippen molar-refractivity contribution in [1.29, 1.82) is 0 Å². The highest BCUT2D eigenvalue weighted by atomic mass is 16.5. The van der Waals surface area contributed by atoms with Crippen molar-refractivity contribution in [3.05, 3.63) is 48.0 Å². The smallest absolute Gasteiger partial charge is 0.300 e. The van der Waals surface area contributed by atoms with E-state index >= 15 is 0 Å². The summed E-state index contributed by atoms with van der Waals surface area (Å²) in [5.74, 6) is 0.753. The number of hydrogen-bond donors (Lipinski definition) is 2. The molecule has 4 heteroatoms. The molecule has 3 N–H and O–H groups in total. The fourth-order valence-electron chi connectivity index (χ4n) is 1.87. The number of H-pyrrole nitrogens is 1. The molecule has 3 aromatic rings. The molecular weight excluding hydrogens is 226 g/mol. The molecule has 4 nitrogen and oxygen atoms in total. The topological polar surface area (TPSA) is 63.9 Å². The van der Waals surface area contributed by atoms with Crippen molar-refractivity contribution < 1.29 is 4.74 Å². The minimum Gasteiger partial charge on any atom is -0.425 e. The summed E-state index contributed by atoms with van der Waals surface area (Å²) < 4.78 is 5.73. The third kappa shape index (κ3) is 1.88. The van der Waals surface area contributed by atoms with Crippen molar-refractivity contribution >= 4 is 16.7 Å². The molecule has 0 unspecified atom stereocenters. The molecular formula is C14H13N3O. The second kappa shape index (κ2) is 4.07. The van der Waals surface area contributed by atoms with Gasteiger partial charge in [-0.25, -0.2) is 0 Å². The summed E-state index contributed by atoms with van der Waals surface area (Å²) in [6.45, 7) is 1.95. The van der Waals surface area contributed by atoms with E-state index in [0.717, 1.165) is 28.0 Å². The highest BCUT2D eigenvalue weighted by Gasteiger charge is 2.06. The summed E-state index contributed by atoms with van der Waals surface area (Å²) in [6.07, 6.45) is 0. The number of nitrogens with one attached hydrogen (secondary N) is 1. The Balaban J connectivity index is 1.96. The van der Waals surface area contributed by atoms with Gasteiger partial charge in [0.2, 0.25) is 0 Å². The third-order valence-electron chi connectivity index (χ3n) is 2.77. The number of aromatic amines is 1. The van der Waals surface area contributed by atoms with Crippen molar-refractivity contribution in [2.45, 2.75) is 6.92 Å². The van der Waals surface area contributed by atoms with Crippen molar-refractivity contribution in [3.8, 4) is 11.8 Å². The predicted molar refractivity (Wildman–Crippen MR) is 71.8 cm³/mol. The zero-order chi connectivity index (χ0) is 12.5. The number of nitrogens with two attached hydrogens (primary N) is 1. The van der Waals surface area contributed by atoms with Crippen LogP contribution < -0.4 is 10.5 Å². The van der Waals surface area contributed by atoms with Crippen molar-refractivity contribution in [3.63, 3.8) is 0 Å². The fourth-order valence-corrected chi connectivity index (χ4v) is 1.87. The number of para-hydroxylation sites is 2. The maximum absolute atomic E-state index is 5.73. The quantitative estimate of drug-likeness (QED) is 0.675. The molecule has 18 heavy (non-hydrogen) atoms. The summed E-state index contributed by atoms with van der Waals surface area (Å²) in [5.41, 5.74) is 9.26. The molecule has 1 aromatic heterocycles. The van der Waals surface area contributed by atoms with E-state index in [1.54, 1.807) is 0 Å². The molecule has 0 saturated carbocycles. The normalized spacial score (nSPS) is 10.7. The number of imidazole rings is 1. The Morgan fingerprint density at radius 3 is 2.78 bits per heavy atom. The average Bonchev–Trinajstić information content (AvgIpc) is 2.75. The maximum atomic E-state index is 5.73. The predicted octanol–water partition coefficient (Wildman–Crippen LogP) is 3.25. The summed E-state index contributed by atoms with van der Waals surface area (Å²) in [7, 11) is 0. The zero-order valence-corrected chi connectivity index (χ0v) is 9.97. The Morgan fingerprint density at radius 2 is 2.00 bits per heavy atom. The highest BCUT2D eigenvalue weighted by Crippen LogP contribution is 2.26. The van der Waals surface area contributed by atoms with Gasteiger partial charge in [-0.05, 0) is 42.8 Å². The van der Waals surface area contributed by atoms with Gasteiger partial charge in [0.05, 0.1) is 11.0 Å². The molecule has 0 radical (unpaired) electrons. The standard InChI is InChI=1S/C14H13N3O/c1-9-8-10(15)6-7-13(9)18-14-16-11-4-2-3-5-12(11)17-14/h2-8H,15H2,1H3,(H,16,17). The van der Waals surface area contributed by atoms with Gasteiger partial charge in [0.1, 0.15) is 5.75 Å². The van der Waals surface area contributed by atoms with E-state index < -0.39 is 0 Å². The number of nitrogen functional groups attached to an aromatic ring is 1. The largest absolute Gasteiger partial charge is 0.425 e. The van der Waals surface area contributed by atoms with Crippen LogP contribution in [0.3, 0.4) is 0 Å². The second-order valence-corrected chi connectivity index (χ2v) is 4.19. The number of anilines is 1. The van der Waals surface area contributed by atoms with Gasteiger partial charge in [-0.1, -0.05) is 12.1 Å². The Bertz CT molecular complexity index is 670. The van der Waals surface area contributed by atoms with Crippen LogP contribution in [0.25, 0.3) is 11.0 Å². The van der Waals surface area contributed by atoms with Crippen LogP contribution in [0.15, 0.2) is 42.5 Å². The Morgan fingerprint density at radius 1 is 1.17 bits per heavy atom. The van der Waals surface area contributed by atoms with E-state index in [1.165, 1.54) is 0 Å². The monoisotopic (exact) mass is 239 g/mol. The Hall–Kier alpha value is -2.49. The number of hydrogen-bond acceptors (Lipinski definition) is 3. The molecule has 0 amide bonds. The lowest BCUT2D eigenvalue weighted by molar-refractivity contribution is 0.446. The third-order valence-corrected chi connectivity index (χ3v) is 2.77. The minimum atomic E-state index is 0.490. The molecule has 0 aliphatic heterocycles. The summed E-state index contributed by atoms with van der Waals surface area (Å²) in [5, 5.41) is 0. The van der Waals surface area contributed by atoms with Gasteiger partial charge in [-0.3, -0.25) is 0 Å². The van der Waals surface area contributed by atoms with E-state index in [-0.39, 0.29) is 0 Å². The van der Waals surface area contributed by atoms with Gasteiger partial charge >= 0.3 is 0 Å². The molecule has 0 atom stereocenters.